The van der Waals surface area contributed by atoms with Gasteiger partial charge in [-0.1, -0.05) is 24.4 Å². The highest BCUT2D eigenvalue weighted by molar-refractivity contribution is 6.31. The molecule has 5 heteroatoms. The summed E-state index contributed by atoms with van der Waals surface area (Å²) in [5.41, 5.74) is 0.419. The van der Waals surface area contributed by atoms with Crippen molar-refractivity contribution >= 4 is 17.5 Å². The van der Waals surface area contributed by atoms with Gasteiger partial charge in [0.2, 0.25) is 0 Å². The molecule has 1 aliphatic rings. The summed E-state index contributed by atoms with van der Waals surface area (Å²) in [6.07, 6.45) is 4.12. The van der Waals surface area contributed by atoms with E-state index in [1.807, 2.05) is 0 Å². The average Bonchev–Trinajstić information content (AvgIpc) is 2.98. The third-order valence-electron chi connectivity index (χ3n) is 3.66. The summed E-state index contributed by atoms with van der Waals surface area (Å²) in [5.74, 6) is 0.304. The molecular formula is C15H17ClN2O2. The number of carbonyl (C=O) groups is 1. The number of ether oxygens (including phenoxy) is 1. The van der Waals surface area contributed by atoms with Crippen molar-refractivity contribution in [3.63, 3.8) is 0 Å². The maximum atomic E-state index is 12.7. The highest BCUT2D eigenvalue weighted by Crippen LogP contribution is 2.28. The van der Waals surface area contributed by atoms with E-state index in [0.29, 0.717) is 16.3 Å². The molecule has 106 valence electrons. The zero-order chi connectivity index (χ0) is 14.5. The van der Waals surface area contributed by atoms with Gasteiger partial charge in [-0.15, -0.1) is 0 Å². The highest BCUT2D eigenvalue weighted by atomic mass is 35.5. The number of halogens is 1. The van der Waals surface area contributed by atoms with Crippen LogP contribution in [0.25, 0.3) is 0 Å². The van der Waals surface area contributed by atoms with Gasteiger partial charge in [0, 0.05) is 11.1 Å². The van der Waals surface area contributed by atoms with Crippen LogP contribution in [-0.4, -0.2) is 30.5 Å². The lowest BCUT2D eigenvalue weighted by atomic mass is 10.1. The number of hydrogen-bond donors (Lipinski definition) is 0. The Balaban J connectivity index is 2.31. The van der Waals surface area contributed by atoms with Crippen LogP contribution in [0.4, 0.5) is 0 Å². The molecule has 2 rings (SSSR count). The van der Waals surface area contributed by atoms with Gasteiger partial charge in [0.15, 0.2) is 0 Å². The molecule has 0 aliphatic heterocycles. The molecule has 0 heterocycles. The summed E-state index contributed by atoms with van der Waals surface area (Å²) in [6.45, 7) is 0.0964. The van der Waals surface area contributed by atoms with Crippen LogP contribution in [0.2, 0.25) is 5.02 Å². The van der Waals surface area contributed by atoms with Crippen LogP contribution < -0.4 is 4.74 Å². The zero-order valence-electron chi connectivity index (χ0n) is 11.4. The van der Waals surface area contributed by atoms with Crippen LogP contribution in [0.3, 0.4) is 0 Å². The molecule has 0 spiro atoms. The van der Waals surface area contributed by atoms with Crippen molar-refractivity contribution in [2.24, 2.45) is 0 Å². The Morgan fingerprint density at radius 3 is 2.80 bits per heavy atom. The Bertz CT molecular complexity index is 533. The second kappa shape index (κ2) is 6.62. The number of nitrogens with zero attached hydrogens (tertiary/aromatic N) is 2. The molecule has 1 fully saturated rings. The van der Waals surface area contributed by atoms with E-state index in [9.17, 15) is 4.79 Å². The number of hydrogen-bond acceptors (Lipinski definition) is 3. The van der Waals surface area contributed by atoms with Crippen molar-refractivity contribution in [3.05, 3.63) is 28.8 Å². The van der Waals surface area contributed by atoms with E-state index in [1.54, 1.807) is 23.1 Å². The standard InChI is InChI=1S/C15H17ClN2O2/c1-20-14-7-6-11(16)10-13(14)15(19)18(9-8-17)12-4-2-3-5-12/h6-7,10,12H,2-5,9H2,1H3. The first-order chi connectivity index (χ1) is 9.67. The quantitative estimate of drug-likeness (QED) is 0.800. The number of nitriles is 1. The zero-order valence-corrected chi connectivity index (χ0v) is 12.2. The van der Waals surface area contributed by atoms with Gasteiger partial charge in [-0.25, -0.2) is 0 Å². The van der Waals surface area contributed by atoms with E-state index in [0.717, 1.165) is 25.7 Å². The summed E-state index contributed by atoms with van der Waals surface area (Å²) in [4.78, 5) is 14.3. The molecule has 0 radical (unpaired) electrons. The fraction of sp³-hybridized carbons (Fsp3) is 0.467. The molecule has 1 aliphatic carbocycles. The Kier molecular flexibility index (Phi) is 4.86. The fourth-order valence-electron chi connectivity index (χ4n) is 2.66. The normalized spacial score (nSPS) is 14.8. The first-order valence-corrected chi connectivity index (χ1v) is 7.06. The number of carbonyl (C=O) groups excluding carboxylic acids is 1. The Morgan fingerprint density at radius 2 is 2.20 bits per heavy atom. The second-order valence-electron chi connectivity index (χ2n) is 4.87. The van der Waals surface area contributed by atoms with Crippen molar-refractivity contribution < 1.29 is 9.53 Å². The monoisotopic (exact) mass is 292 g/mol. The van der Waals surface area contributed by atoms with Gasteiger partial charge in [-0.3, -0.25) is 4.79 Å². The Morgan fingerprint density at radius 1 is 1.50 bits per heavy atom. The molecule has 0 aromatic heterocycles. The van der Waals surface area contributed by atoms with E-state index in [-0.39, 0.29) is 18.5 Å². The van der Waals surface area contributed by atoms with Gasteiger partial charge < -0.3 is 9.64 Å². The summed E-state index contributed by atoms with van der Waals surface area (Å²) < 4.78 is 5.22. The molecule has 0 N–H and O–H groups in total. The van der Waals surface area contributed by atoms with Crippen molar-refractivity contribution in [2.45, 2.75) is 31.7 Å². The van der Waals surface area contributed by atoms with Crippen molar-refractivity contribution in [1.82, 2.24) is 4.90 Å². The molecule has 1 aromatic rings. The Labute approximate surface area is 123 Å². The maximum absolute atomic E-state index is 12.7. The lowest BCUT2D eigenvalue weighted by Gasteiger charge is -2.27. The van der Waals surface area contributed by atoms with Gasteiger partial charge in [0.25, 0.3) is 5.91 Å². The van der Waals surface area contributed by atoms with Crippen LogP contribution in [0.15, 0.2) is 18.2 Å². The molecule has 4 nitrogen and oxygen atoms in total. The molecule has 1 saturated carbocycles. The van der Waals surface area contributed by atoms with Crippen LogP contribution in [-0.2, 0) is 0 Å². The molecule has 1 aromatic carbocycles. The minimum absolute atomic E-state index is 0.0964. The van der Waals surface area contributed by atoms with Gasteiger partial charge in [0.05, 0.1) is 18.7 Å². The third-order valence-corrected chi connectivity index (χ3v) is 3.89. The first-order valence-electron chi connectivity index (χ1n) is 6.69. The number of benzene rings is 1. The predicted octanol–water partition coefficient (Wildman–Crippen LogP) is 3.26. The van der Waals surface area contributed by atoms with E-state index in [1.165, 1.54) is 7.11 Å². The van der Waals surface area contributed by atoms with Crippen molar-refractivity contribution in [2.75, 3.05) is 13.7 Å². The molecule has 0 bridgehead atoms. The average molecular weight is 293 g/mol. The van der Waals surface area contributed by atoms with Crippen LogP contribution in [0, 0.1) is 11.3 Å². The van der Waals surface area contributed by atoms with Gasteiger partial charge in [-0.05, 0) is 31.0 Å². The van der Waals surface area contributed by atoms with Crippen molar-refractivity contribution in [3.8, 4) is 11.8 Å². The van der Waals surface area contributed by atoms with Crippen molar-refractivity contribution in [1.29, 1.82) is 5.26 Å². The second-order valence-corrected chi connectivity index (χ2v) is 5.31. The fourth-order valence-corrected chi connectivity index (χ4v) is 2.83. The molecule has 20 heavy (non-hydrogen) atoms. The van der Waals surface area contributed by atoms with Gasteiger partial charge >= 0.3 is 0 Å². The van der Waals surface area contributed by atoms with Crippen LogP contribution in [0.1, 0.15) is 36.0 Å². The summed E-state index contributed by atoms with van der Waals surface area (Å²) in [6, 6.07) is 7.18. The molecule has 0 unspecified atom stereocenters. The maximum Gasteiger partial charge on any atom is 0.258 e. The minimum atomic E-state index is -0.183. The summed E-state index contributed by atoms with van der Waals surface area (Å²) >= 11 is 5.97. The molecular weight excluding hydrogens is 276 g/mol. The van der Waals surface area contributed by atoms with Crippen LogP contribution in [0.5, 0.6) is 5.75 Å². The largest absolute Gasteiger partial charge is 0.496 e. The van der Waals surface area contributed by atoms with E-state index >= 15 is 0 Å². The molecule has 1 amide bonds. The first kappa shape index (κ1) is 14.7. The minimum Gasteiger partial charge on any atom is -0.496 e. The number of rotatable bonds is 4. The van der Waals surface area contributed by atoms with E-state index in [4.69, 9.17) is 21.6 Å². The Hall–Kier alpha value is -1.73. The summed E-state index contributed by atoms with van der Waals surface area (Å²) in [5, 5.41) is 9.46. The predicted molar refractivity (Wildman–Crippen MR) is 76.9 cm³/mol. The lowest BCUT2D eigenvalue weighted by molar-refractivity contribution is 0.0706. The van der Waals surface area contributed by atoms with Gasteiger partial charge in [0.1, 0.15) is 12.3 Å². The molecule has 0 saturated heterocycles. The van der Waals surface area contributed by atoms with Gasteiger partial charge in [-0.2, -0.15) is 5.26 Å². The SMILES string of the molecule is COc1ccc(Cl)cc1C(=O)N(CC#N)C1CCCC1. The lowest BCUT2D eigenvalue weighted by Crippen LogP contribution is -2.39. The van der Waals surface area contributed by atoms with E-state index in [2.05, 4.69) is 6.07 Å². The highest BCUT2D eigenvalue weighted by Gasteiger charge is 2.28. The van der Waals surface area contributed by atoms with E-state index < -0.39 is 0 Å². The smallest absolute Gasteiger partial charge is 0.258 e. The number of amides is 1. The topological polar surface area (TPSA) is 53.3 Å². The number of methoxy groups -OCH3 is 1. The third kappa shape index (κ3) is 3.05. The van der Waals surface area contributed by atoms with Crippen LogP contribution >= 0.6 is 11.6 Å². The molecule has 0 atom stereocenters. The summed E-state index contributed by atoms with van der Waals surface area (Å²) in [7, 11) is 1.52.